The molecule has 0 aromatic heterocycles. The fourth-order valence-corrected chi connectivity index (χ4v) is 4.28. The van der Waals surface area contributed by atoms with Gasteiger partial charge in [-0.15, -0.1) is 0 Å². The monoisotopic (exact) mass is 325 g/mol. The highest BCUT2D eigenvalue weighted by Gasteiger charge is 2.40. The Labute approximate surface area is 122 Å². The zero-order chi connectivity index (χ0) is 13.6. The Morgan fingerprint density at radius 3 is 2.42 bits per heavy atom. The van der Waals surface area contributed by atoms with E-state index in [-0.39, 0.29) is 6.10 Å². The van der Waals surface area contributed by atoms with Crippen LogP contribution in [0.5, 0.6) is 0 Å². The van der Waals surface area contributed by atoms with Crippen molar-refractivity contribution in [3.05, 3.63) is 28.2 Å². The van der Waals surface area contributed by atoms with Gasteiger partial charge in [-0.2, -0.15) is 0 Å². The summed E-state index contributed by atoms with van der Waals surface area (Å²) < 4.78 is 0.963. The van der Waals surface area contributed by atoms with Crippen molar-refractivity contribution in [2.75, 3.05) is 4.90 Å². The van der Waals surface area contributed by atoms with Crippen LogP contribution in [0, 0.1) is 0 Å². The average molecular weight is 326 g/mol. The van der Waals surface area contributed by atoms with Crippen molar-refractivity contribution in [3.63, 3.8) is 0 Å². The van der Waals surface area contributed by atoms with Gasteiger partial charge >= 0.3 is 0 Å². The zero-order valence-corrected chi connectivity index (χ0v) is 12.7. The van der Waals surface area contributed by atoms with Crippen LogP contribution in [0.15, 0.2) is 22.7 Å². The molecule has 1 aromatic rings. The number of rotatable bonds is 2. The largest absolute Gasteiger partial charge is 0.393 e. The molecule has 2 saturated heterocycles. The van der Waals surface area contributed by atoms with Crippen LogP contribution in [0.4, 0.5) is 5.69 Å². The Hall–Kier alpha value is -0.580. The van der Waals surface area contributed by atoms with Crippen molar-refractivity contribution in [3.8, 4) is 0 Å². The van der Waals surface area contributed by atoms with Crippen LogP contribution in [0.25, 0.3) is 0 Å². The number of hydrogen-bond acceptors (Lipinski definition) is 3. The van der Waals surface area contributed by atoms with Gasteiger partial charge in [0.1, 0.15) is 0 Å². The molecule has 2 heterocycles. The Bertz CT molecular complexity index is 463. The van der Waals surface area contributed by atoms with Crippen LogP contribution in [0.2, 0.25) is 0 Å². The van der Waals surface area contributed by atoms with Crippen LogP contribution in [-0.2, 0) is 0 Å². The van der Waals surface area contributed by atoms with Crippen LogP contribution >= 0.6 is 15.9 Å². The minimum absolute atomic E-state index is 0.131. The molecule has 104 valence electrons. The maximum atomic E-state index is 9.86. The molecule has 0 radical (unpaired) electrons. The number of aliphatic hydroxyl groups is 2. The molecule has 2 unspecified atom stereocenters. The zero-order valence-electron chi connectivity index (χ0n) is 11.1. The molecule has 4 heteroatoms. The second kappa shape index (κ2) is 5.08. The van der Waals surface area contributed by atoms with E-state index in [0.29, 0.717) is 12.1 Å². The maximum absolute atomic E-state index is 9.86. The predicted octanol–water partition coefficient (Wildman–Crippen LogP) is 2.99. The van der Waals surface area contributed by atoms with E-state index >= 15 is 0 Å². The summed E-state index contributed by atoms with van der Waals surface area (Å²) in [6, 6.07) is 7.13. The van der Waals surface area contributed by atoms with Crippen molar-refractivity contribution in [2.45, 2.75) is 56.9 Å². The number of fused-ring (bicyclic) bond motifs is 2. The highest BCUT2D eigenvalue weighted by atomic mass is 79.9. The lowest BCUT2D eigenvalue weighted by molar-refractivity contribution is 0.126. The summed E-state index contributed by atoms with van der Waals surface area (Å²) >= 11 is 3.55. The summed E-state index contributed by atoms with van der Waals surface area (Å²) in [6.45, 7) is 1.78. The number of halogens is 1. The number of piperidine rings is 1. The molecule has 0 aliphatic carbocycles. The van der Waals surface area contributed by atoms with Crippen molar-refractivity contribution in [2.24, 2.45) is 0 Å². The smallest absolute Gasteiger partial charge is 0.0772 e. The molecule has 0 spiro atoms. The van der Waals surface area contributed by atoms with Crippen molar-refractivity contribution >= 4 is 21.6 Å². The minimum Gasteiger partial charge on any atom is -0.393 e. The Morgan fingerprint density at radius 2 is 1.89 bits per heavy atom. The quantitative estimate of drug-likeness (QED) is 0.878. The van der Waals surface area contributed by atoms with Crippen molar-refractivity contribution < 1.29 is 10.2 Å². The first-order valence-electron chi connectivity index (χ1n) is 7.00. The van der Waals surface area contributed by atoms with Gasteiger partial charge in [0.2, 0.25) is 0 Å². The van der Waals surface area contributed by atoms with E-state index in [9.17, 15) is 10.2 Å². The molecule has 3 atom stereocenters. The molecule has 19 heavy (non-hydrogen) atoms. The van der Waals surface area contributed by atoms with E-state index in [1.165, 1.54) is 18.5 Å². The SMILES string of the molecule is C[C@@H](O)c1ccc(N2C3CCC2CC(O)C3)cc1Br. The second-order valence-electron chi connectivity index (χ2n) is 5.80. The van der Waals surface area contributed by atoms with E-state index < -0.39 is 6.10 Å². The Balaban J connectivity index is 1.89. The first-order valence-corrected chi connectivity index (χ1v) is 7.79. The van der Waals surface area contributed by atoms with Crippen molar-refractivity contribution in [1.29, 1.82) is 0 Å². The van der Waals surface area contributed by atoms with Crippen LogP contribution in [0.1, 0.15) is 44.3 Å². The maximum Gasteiger partial charge on any atom is 0.0772 e. The fourth-order valence-electron chi connectivity index (χ4n) is 3.59. The molecular formula is C15H20BrNO2. The molecule has 2 fully saturated rings. The normalized spacial score (nSPS) is 31.6. The van der Waals surface area contributed by atoms with Gasteiger partial charge in [0.05, 0.1) is 12.2 Å². The summed E-state index contributed by atoms with van der Waals surface area (Å²) in [5, 5.41) is 19.5. The van der Waals surface area contributed by atoms with E-state index in [1.807, 2.05) is 6.07 Å². The molecule has 2 bridgehead atoms. The fraction of sp³-hybridized carbons (Fsp3) is 0.600. The second-order valence-corrected chi connectivity index (χ2v) is 6.65. The summed E-state index contributed by atoms with van der Waals surface area (Å²) in [5.74, 6) is 0. The minimum atomic E-state index is -0.455. The number of anilines is 1. The molecule has 3 nitrogen and oxygen atoms in total. The van der Waals surface area contributed by atoms with E-state index in [1.54, 1.807) is 6.92 Å². The van der Waals surface area contributed by atoms with Crippen molar-refractivity contribution in [1.82, 2.24) is 0 Å². The number of nitrogens with zero attached hydrogens (tertiary/aromatic N) is 1. The molecule has 3 rings (SSSR count). The lowest BCUT2D eigenvalue weighted by Crippen LogP contribution is -2.44. The van der Waals surface area contributed by atoms with Gasteiger partial charge < -0.3 is 15.1 Å². The van der Waals surface area contributed by atoms with Crippen LogP contribution in [0.3, 0.4) is 0 Å². The summed E-state index contributed by atoms with van der Waals surface area (Å²) in [7, 11) is 0. The number of aliphatic hydroxyl groups excluding tert-OH is 2. The third kappa shape index (κ3) is 2.41. The van der Waals surface area contributed by atoms with Gasteiger partial charge in [-0.05, 0) is 50.3 Å². The van der Waals surface area contributed by atoms with E-state index in [4.69, 9.17) is 0 Å². The first kappa shape index (κ1) is 13.4. The van der Waals surface area contributed by atoms with Crippen LogP contribution < -0.4 is 4.90 Å². The highest BCUT2D eigenvalue weighted by molar-refractivity contribution is 9.10. The van der Waals surface area contributed by atoms with Gasteiger partial charge in [0.15, 0.2) is 0 Å². The van der Waals surface area contributed by atoms with Gasteiger partial charge in [-0.25, -0.2) is 0 Å². The topological polar surface area (TPSA) is 43.7 Å². The van der Waals surface area contributed by atoms with Crippen LogP contribution in [-0.4, -0.2) is 28.4 Å². The molecular weight excluding hydrogens is 306 g/mol. The summed E-state index contributed by atoms with van der Waals surface area (Å²) in [4.78, 5) is 2.46. The molecule has 1 aromatic carbocycles. The predicted molar refractivity (Wildman–Crippen MR) is 79.3 cm³/mol. The Morgan fingerprint density at radius 1 is 1.26 bits per heavy atom. The third-order valence-corrected chi connectivity index (χ3v) is 5.13. The highest BCUT2D eigenvalue weighted by Crippen LogP contribution is 2.40. The van der Waals surface area contributed by atoms with Gasteiger partial charge in [0, 0.05) is 22.2 Å². The third-order valence-electron chi connectivity index (χ3n) is 4.44. The molecule has 0 amide bonds. The van der Waals surface area contributed by atoms with Gasteiger partial charge in [-0.3, -0.25) is 0 Å². The van der Waals surface area contributed by atoms with E-state index in [2.05, 4.69) is 33.0 Å². The Kier molecular flexibility index (Phi) is 3.58. The molecule has 2 aliphatic rings. The van der Waals surface area contributed by atoms with Gasteiger partial charge in [0.25, 0.3) is 0 Å². The standard InChI is InChI=1S/C15H20BrNO2/c1-9(18)14-5-4-12(8-15(14)16)17-10-2-3-11(17)7-13(19)6-10/h4-5,8-11,13,18-19H,2-3,6-7H2,1H3/t9-,10?,11?,13?/m1/s1. The lowest BCUT2D eigenvalue weighted by Gasteiger charge is -2.39. The number of benzene rings is 1. The lowest BCUT2D eigenvalue weighted by atomic mass is 9.98. The summed E-state index contributed by atoms with van der Waals surface area (Å²) in [6.07, 6.45) is 3.53. The van der Waals surface area contributed by atoms with Gasteiger partial charge in [-0.1, -0.05) is 22.0 Å². The number of hydrogen-bond donors (Lipinski definition) is 2. The van der Waals surface area contributed by atoms with E-state index in [0.717, 1.165) is 22.9 Å². The average Bonchev–Trinajstić information content (AvgIpc) is 2.61. The molecule has 2 N–H and O–H groups in total. The summed E-state index contributed by atoms with van der Waals surface area (Å²) in [5.41, 5.74) is 2.13. The molecule has 0 saturated carbocycles. The first-order chi connectivity index (χ1) is 9.06. The molecule has 2 aliphatic heterocycles.